The first kappa shape index (κ1) is 19.4. The summed E-state index contributed by atoms with van der Waals surface area (Å²) in [4.78, 5) is 30.0. The molecular formula is C24H16FN5O2. The van der Waals surface area contributed by atoms with Crippen LogP contribution in [0.2, 0.25) is 0 Å². The highest BCUT2D eigenvalue weighted by molar-refractivity contribution is 6.11. The summed E-state index contributed by atoms with van der Waals surface area (Å²) in [5, 5.41) is 7.79. The van der Waals surface area contributed by atoms with Crippen LogP contribution in [0.5, 0.6) is 0 Å². The number of hydrogen-bond acceptors (Lipinski definition) is 4. The van der Waals surface area contributed by atoms with Crippen LogP contribution in [0.1, 0.15) is 10.5 Å². The van der Waals surface area contributed by atoms with Crippen molar-refractivity contribution in [1.29, 1.82) is 0 Å². The van der Waals surface area contributed by atoms with Crippen LogP contribution in [-0.4, -0.2) is 25.2 Å². The highest BCUT2D eigenvalue weighted by Gasteiger charge is 2.18. The Balaban J connectivity index is 1.56. The van der Waals surface area contributed by atoms with Crippen LogP contribution in [0.15, 0.2) is 96.3 Å². The smallest absolute Gasteiger partial charge is 0.279 e. The molecule has 0 saturated heterocycles. The van der Waals surface area contributed by atoms with Crippen molar-refractivity contribution >= 4 is 22.4 Å². The normalized spacial score (nSPS) is 10.9. The van der Waals surface area contributed by atoms with Gasteiger partial charge in [0.15, 0.2) is 5.69 Å². The first-order valence-electron chi connectivity index (χ1n) is 9.78. The second-order valence-electron chi connectivity index (χ2n) is 7.04. The van der Waals surface area contributed by atoms with E-state index in [2.05, 4.69) is 15.4 Å². The van der Waals surface area contributed by atoms with E-state index in [1.54, 1.807) is 73.1 Å². The van der Waals surface area contributed by atoms with Gasteiger partial charge in [0.1, 0.15) is 5.82 Å². The molecule has 0 fully saturated rings. The molecule has 8 heteroatoms. The minimum atomic E-state index is -0.555. The summed E-state index contributed by atoms with van der Waals surface area (Å²) in [5.41, 5.74) is 0.830. The summed E-state index contributed by atoms with van der Waals surface area (Å²) in [7, 11) is 0. The molecule has 32 heavy (non-hydrogen) atoms. The zero-order valence-electron chi connectivity index (χ0n) is 16.6. The Bertz CT molecular complexity index is 1490. The van der Waals surface area contributed by atoms with Gasteiger partial charge in [-0.05, 0) is 36.4 Å². The SMILES string of the molecule is O=C(Nc1ccc(-n2ccnc2)c(F)c1)c1nn(-c2ccccc2)c(=O)c2ccccc12. The lowest BCUT2D eigenvalue weighted by Crippen LogP contribution is -2.26. The van der Waals surface area contributed by atoms with Crippen molar-refractivity contribution < 1.29 is 9.18 Å². The molecule has 0 aliphatic heterocycles. The molecule has 7 nitrogen and oxygen atoms in total. The van der Waals surface area contributed by atoms with Gasteiger partial charge in [-0.2, -0.15) is 9.78 Å². The van der Waals surface area contributed by atoms with Crippen molar-refractivity contribution in [3.05, 3.63) is 113 Å². The second-order valence-corrected chi connectivity index (χ2v) is 7.04. The molecule has 0 aliphatic carbocycles. The molecule has 156 valence electrons. The molecule has 0 bridgehead atoms. The Morgan fingerprint density at radius 1 is 0.938 bits per heavy atom. The quantitative estimate of drug-likeness (QED) is 0.473. The third-order valence-corrected chi connectivity index (χ3v) is 5.01. The van der Waals surface area contributed by atoms with Crippen molar-refractivity contribution in [3.8, 4) is 11.4 Å². The van der Waals surface area contributed by atoms with E-state index in [4.69, 9.17) is 0 Å². The number of rotatable bonds is 4. The van der Waals surface area contributed by atoms with E-state index in [-0.39, 0.29) is 16.9 Å². The summed E-state index contributed by atoms with van der Waals surface area (Å²) in [6.07, 6.45) is 4.66. The third-order valence-electron chi connectivity index (χ3n) is 5.01. The maximum Gasteiger partial charge on any atom is 0.279 e. The van der Waals surface area contributed by atoms with Crippen LogP contribution in [0, 0.1) is 5.82 Å². The number of halogens is 1. The minimum Gasteiger partial charge on any atom is -0.320 e. The zero-order chi connectivity index (χ0) is 22.1. The second kappa shape index (κ2) is 7.92. The number of fused-ring (bicyclic) bond motifs is 1. The number of nitrogens with one attached hydrogen (secondary N) is 1. The molecule has 5 aromatic rings. The maximum absolute atomic E-state index is 14.6. The Labute approximate surface area is 181 Å². The summed E-state index contributed by atoms with van der Waals surface area (Å²) in [6, 6.07) is 20.0. The number of benzene rings is 3. The van der Waals surface area contributed by atoms with E-state index in [9.17, 15) is 14.0 Å². The van der Waals surface area contributed by atoms with Crippen molar-refractivity contribution in [2.24, 2.45) is 0 Å². The maximum atomic E-state index is 14.6. The van der Waals surface area contributed by atoms with Gasteiger partial charge < -0.3 is 9.88 Å². The molecule has 0 radical (unpaired) electrons. The fourth-order valence-electron chi connectivity index (χ4n) is 3.49. The lowest BCUT2D eigenvalue weighted by molar-refractivity contribution is 0.102. The first-order chi connectivity index (χ1) is 15.6. The standard InChI is InChI=1S/C24H16FN5O2/c25-20-14-16(10-11-21(20)29-13-12-26-15-29)27-23(31)22-18-8-4-5-9-19(18)24(32)30(28-22)17-6-2-1-3-7-17/h1-15H,(H,27,31). The molecule has 1 amide bonds. The Hall–Kier alpha value is -4.59. The van der Waals surface area contributed by atoms with Crippen LogP contribution in [0.4, 0.5) is 10.1 Å². The molecule has 0 aliphatic rings. The van der Waals surface area contributed by atoms with Gasteiger partial charge >= 0.3 is 0 Å². The lowest BCUT2D eigenvalue weighted by atomic mass is 10.1. The molecule has 3 aromatic carbocycles. The van der Waals surface area contributed by atoms with E-state index in [0.717, 1.165) is 0 Å². The van der Waals surface area contributed by atoms with Crippen molar-refractivity contribution in [2.75, 3.05) is 5.32 Å². The number of anilines is 1. The number of amides is 1. The highest BCUT2D eigenvalue weighted by atomic mass is 19.1. The summed E-state index contributed by atoms with van der Waals surface area (Å²) < 4.78 is 17.3. The zero-order valence-corrected chi connectivity index (χ0v) is 16.6. The van der Waals surface area contributed by atoms with Gasteiger partial charge in [-0.15, -0.1) is 0 Å². The molecule has 2 heterocycles. The number of carbonyl (C=O) groups excluding carboxylic acids is 1. The van der Waals surface area contributed by atoms with Crippen molar-refractivity contribution in [2.45, 2.75) is 0 Å². The molecule has 0 spiro atoms. The average molecular weight is 425 g/mol. The third kappa shape index (κ3) is 3.43. The fourth-order valence-corrected chi connectivity index (χ4v) is 3.49. The number of imidazole rings is 1. The summed E-state index contributed by atoms with van der Waals surface area (Å²) in [6.45, 7) is 0. The van der Waals surface area contributed by atoms with E-state index >= 15 is 0 Å². The monoisotopic (exact) mass is 425 g/mol. The van der Waals surface area contributed by atoms with Gasteiger partial charge in [0.2, 0.25) is 0 Å². The highest BCUT2D eigenvalue weighted by Crippen LogP contribution is 2.20. The molecule has 2 aromatic heterocycles. The van der Waals surface area contributed by atoms with E-state index in [1.807, 2.05) is 6.07 Å². The van der Waals surface area contributed by atoms with Gasteiger partial charge in [0.05, 0.1) is 23.1 Å². The Kier molecular flexibility index (Phi) is 4.79. The average Bonchev–Trinajstić information content (AvgIpc) is 3.35. The van der Waals surface area contributed by atoms with E-state index < -0.39 is 11.7 Å². The van der Waals surface area contributed by atoms with Crippen LogP contribution in [-0.2, 0) is 0 Å². The molecule has 0 atom stereocenters. The topological polar surface area (TPSA) is 81.8 Å². The summed E-state index contributed by atoms with van der Waals surface area (Å²) in [5.74, 6) is -1.08. The van der Waals surface area contributed by atoms with Gasteiger partial charge in [0, 0.05) is 23.5 Å². The van der Waals surface area contributed by atoms with Gasteiger partial charge in [-0.1, -0.05) is 36.4 Å². The Morgan fingerprint density at radius 3 is 2.41 bits per heavy atom. The van der Waals surface area contributed by atoms with Crippen LogP contribution in [0.3, 0.4) is 0 Å². The largest absolute Gasteiger partial charge is 0.320 e. The molecule has 1 N–H and O–H groups in total. The summed E-state index contributed by atoms with van der Waals surface area (Å²) >= 11 is 0. The van der Waals surface area contributed by atoms with Gasteiger partial charge in [-0.25, -0.2) is 9.37 Å². The van der Waals surface area contributed by atoms with Crippen LogP contribution >= 0.6 is 0 Å². The van der Waals surface area contributed by atoms with Crippen molar-refractivity contribution in [3.63, 3.8) is 0 Å². The van der Waals surface area contributed by atoms with Crippen LogP contribution < -0.4 is 10.9 Å². The van der Waals surface area contributed by atoms with E-state index in [1.165, 1.54) is 21.6 Å². The van der Waals surface area contributed by atoms with Crippen molar-refractivity contribution in [1.82, 2.24) is 19.3 Å². The number of para-hydroxylation sites is 1. The van der Waals surface area contributed by atoms with E-state index in [0.29, 0.717) is 22.1 Å². The molecule has 0 unspecified atom stereocenters. The Morgan fingerprint density at radius 2 is 1.69 bits per heavy atom. The van der Waals surface area contributed by atoms with Gasteiger partial charge in [0.25, 0.3) is 11.5 Å². The van der Waals surface area contributed by atoms with Gasteiger partial charge in [-0.3, -0.25) is 9.59 Å². The number of hydrogen-bond donors (Lipinski definition) is 1. The number of nitrogens with zero attached hydrogens (tertiary/aromatic N) is 4. The minimum absolute atomic E-state index is 0.0585. The van der Waals surface area contributed by atoms with Crippen LogP contribution in [0.25, 0.3) is 22.1 Å². The predicted molar refractivity (Wildman–Crippen MR) is 119 cm³/mol. The molecular weight excluding hydrogens is 409 g/mol. The first-order valence-corrected chi connectivity index (χ1v) is 9.78. The fraction of sp³-hybridized carbons (Fsp3) is 0. The lowest BCUT2D eigenvalue weighted by Gasteiger charge is -2.12. The molecule has 0 saturated carbocycles. The molecule has 5 rings (SSSR count). The number of carbonyl (C=O) groups is 1. The number of aromatic nitrogens is 4. The predicted octanol–water partition coefficient (Wildman–Crippen LogP) is 3.96.